The Bertz CT molecular complexity index is 1750. The van der Waals surface area contributed by atoms with Crippen LogP contribution in [0, 0.1) is 17.6 Å². The van der Waals surface area contributed by atoms with E-state index in [9.17, 15) is 28.0 Å². The average Bonchev–Trinajstić information content (AvgIpc) is 3.41. The van der Waals surface area contributed by atoms with E-state index in [1.54, 1.807) is 0 Å². The minimum absolute atomic E-state index is 0.266. The number of carbonyl (C=O) groups is 3. The van der Waals surface area contributed by atoms with Gasteiger partial charge in [0.1, 0.15) is 23.4 Å². The molecule has 0 aliphatic carbocycles. The minimum atomic E-state index is -0.867. The number of nitrogens with one attached hydrogen (secondary N) is 1. The number of aromatic nitrogens is 1. The highest BCUT2D eigenvalue weighted by molar-refractivity contribution is 8.00. The van der Waals surface area contributed by atoms with Crippen molar-refractivity contribution < 1.29 is 23.2 Å². The first kappa shape index (κ1) is 27.9. The highest BCUT2D eigenvalue weighted by Gasteiger charge is 2.56. The van der Waals surface area contributed by atoms with Crippen LogP contribution in [0.3, 0.4) is 0 Å². The topological polar surface area (TPSA) is 91.7 Å². The number of amides is 3. The van der Waals surface area contributed by atoms with Gasteiger partial charge in [-0.2, -0.15) is 0 Å². The standard InChI is InChI=1S/C30H24F2N4O4S2/c1-34(2)20-11-3-16(4-12-20)23-24-25(28(39)36(27(24)38)21-13-7-18(32)8-14-21)41-29-26(23)42-30(40)35(29)15-22(37)33-19-9-5-17(31)6-10-19/h3-14,23-25H,15H2,1-2H3,(H,33,37)/t23-,24-,25+/m0/s1. The van der Waals surface area contributed by atoms with Crippen molar-refractivity contribution >= 4 is 57.9 Å². The summed E-state index contributed by atoms with van der Waals surface area (Å²) in [5.74, 6) is -3.78. The smallest absolute Gasteiger partial charge is 0.308 e. The molecule has 42 heavy (non-hydrogen) atoms. The fourth-order valence-electron chi connectivity index (χ4n) is 5.32. The van der Waals surface area contributed by atoms with E-state index in [4.69, 9.17) is 0 Å². The summed E-state index contributed by atoms with van der Waals surface area (Å²) >= 11 is 2.04. The zero-order valence-electron chi connectivity index (χ0n) is 22.4. The third kappa shape index (κ3) is 4.90. The van der Waals surface area contributed by atoms with Crippen molar-refractivity contribution in [2.45, 2.75) is 22.7 Å². The van der Waals surface area contributed by atoms with Gasteiger partial charge >= 0.3 is 4.87 Å². The van der Waals surface area contributed by atoms with Gasteiger partial charge < -0.3 is 10.2 Å². The molecule has 2 aliphatic rings. The van der Waals surface area contributed by atoms with Crippen LogP contribution in [-0.2, 0) is 20.9 Å². The molecule has 1 saturated heterocycles. The lowest BCUT2D eigenvalue weighted by Crippen LogP contribution is -2.33. The number of hydrogen-bond donors (Lipinski definition) is 1. The van der Waals surface area contributed by atoms with Crippen molar-refractivity contribution in [2.75, 3.05) is 29.2 Å². The van der Waals surface area contributed by atoms with Gasteiger partial charge in [0.05, 0.1) is 16.6 Å². The fourth-order valence-corrected chi connectivity index (χ4v) is 8.09. The van der Waals surface area contributed by atoms with E-state index in [0.717, 1.165) is 39.2 Å². The maximum Gasteiger partial charge on any atom is 0.308 e. The predicted octanol–water partition coefficient (Wildman–Crippen LogP) is 4.69. The molecule has 0 radical (unpaired) electrons. The fraction of sp³-hybridized carbons (Fsp3) is 0.200. The van der Waals surface area contributed by atoms with Crippen LogP contribution < -0.4 is 20.0 Å². The number of rotatable bonds is 6. The Kier molecular flexibility index (Phi) is 7.19. The number of nitrogens with zero attached hydrogens (tertiary/aromatic N) is 3. The third-order valence-corrected chi connectivity index (χ3v) is 9.94. The molecule has 8 nitrogen and oxygen atoms in total. The summed E-state index contributed by atoms with van der Waals surface area (Å²) in [7, 11) is 3.81. The Morgan fingerprint density at radius 3 is 2.12 bits per heavy atom. The van der Waals surface area contributed by atoms with E-state index in [-0.39, 0.29) is 12.2 Å². The van der Waals surface area contributed by atoms with E-state index in [1.165, 1.54) is 53.1 Å². The molecule has 214 valence electrons. The van der Waals surface area contributed by atoms with Crippen LogP contribution in [0.15, 0.2) is 82.6 Å². The molecule has 3 amide bonds. The summed E-state index contributed by atoms with van der Waals surface area (Å²) in [6.07, 6.45) is 0. The Morgan fingerprint density at radius 2 is 1.50 bits per heavy atom. The van der Waals surface area contributed by atoms with Gasteiger partial charge in [-0.25, -0.2) is 13.7 Å². The summed E-state index contributed by atoms with van der Waals surface area (Å²) in [5.41, 5.74) is 2.33. The molecule has 1 aromatic heterocycles. The number of imide groups is 1. The SMILES string of the molecule is CN(C)c1ccc([C@@H]2c3sc(=O)n(CC(=O)Nc4ccc(F)cc4)c3S[C@H]3C(=O)N(c4ccc(F)cc4)C(=O)[C@@H]23)cc1. The summed E-state index contributed by atoms with van der Waals surface area (Å²) in [5, 5.41) is 2.24. The summed E-state index contributed by atoms with van der Waals surface area (Å²) in [4.78, 5) is 57.1. The van der Waals surface area contributed by atoms with Gasteiger partial charge in [-0.15, -0.1) is 0 Å². The number of carbonyl (C=O) groups excluding carboxylic acids is 3. The largest absolute Gasteiger partial charge is 0.378 e. The third-order valence-electron chi connectivity index (χ3n) is 7.33. The maximum atomic E-state index is 13.9. The normalized spacial score (nSPS) is 19.4. The van der Waals surface area contributed by atoms with Gasteiger partial charge in [-0.05, 0) is 66.2 Å². The number of hydrogen-bond acceptors (Lipinski definition) is 7. The molecule has 4 aromatic rings. The van der Waals surface area contributed by atoms with Crippen molar-refractivity contribution in [3.05, 3.63) is 105 Å². The number of thioether (sulfide) groups is 1. The number of halogens is 2. The van der Waals surface area contributed by atoms with E-state index in [0.29, 0.717) is 15.6 Å². The van der Waals surface area contributed by atoms with Crippen LogP contribution >= 0.6 is 23.1 Å². The number of fused-ring (bicyclic) bond motifs is 2. The quantitative estimate of drug-likeness (QED) is 0.321. The lowest BCUT2D eigenvalue weighted by atomic mass is 9.83. The first-order chi connectivity index (χ1) is 20.1. The highest BCUT2D eigenvalue weighted by atomic mass is 32.2. The second-order valence-electron chi connectivity index (χ2n) is 10.2. The van der Waals surface area contributed by atoms with Crippen LogP contribution in [0.4, 0.5) is 25.8 Å². The Morgan fingerprint density at radius 1 is 0.881 bits per heavy atom. The molecule has 1 N–H and O–H groups in total. The maximum absolute atomic E-state index is 13.9. The Balaban J connectivity index is 1.41. The molecule has 3 atom stereocenters. The molecule has 2 aliphatic heterocycles. The summed E-state index contributed by atoms with van der Waals surface area (Å²) in [6.45, 7) is -0.331. The van der Waals surface area contributed by atoms with E-state index in [2.05, 4.69) is 5.32 Å². The molecule has 0 bridgehead atoms. The van der Waals surface area contributed by atoms with Crippen molar-refractivity contribution in [3.63, 3.8) is 0 Å². The molecular formula is C30H24F2N4O4S2. The summed E-state index contributed by atoms with van der Waals surface area (Å²) < 4.78 is 28.3. The number of benzene rings is 3. The van der Waals surface area contributed by atoms with Crippen LogP contribution in [0.5, 0.6) is 0 Å². The second-order valence-corrected chi connectivity index (χ2v) is 12.3. The van der Waals surface area contributed by atoms with Crippen LogP contribution in [0.25, 0.3) is 0 Å². The average molecular weight is 607 g/mol. The van der Waals surface area contributed by atoms with Gasteiger partial charge in [-0.1, -0.05) is 35.2 Å². The molecule has 3 aromatic carbocycles. The van der Waals surface area contributed by atoms with Gasteiger partial charge in [0.25, 0.3) is 0 Å². The van der Waals surface area contributed by atoms with Gasteiger partial charge in [0.2, 0.25) is 17.7 Å². The molecule has 1 fully saturated rings. The highest BCUT2D eigenvalue weighted by Crippen LogP contribution is 2.54. The first-order valence-corrected chi connectivity index (χ1v) is 14.7. The zero-order valence-corrected chi connectivity index (χ0v) is 24.0. The van der Waals surface area contributed by atoms with E-state index >= 15 is 0 Å². The van der Waals surface area contributed by atoms with Gasteiger partial charge in [0.15, 0.2) is 0 Å². The first-order valence-electron chi connectivity index (χ1n) is 13.0. The number of thiazole rings is 1. The van der Waals surface area contributed by atoms with Gasteiger partial charge in [0, 0.05) is 36.3 Å². The molecule has 6 rings (SSSR count). The molecule has 3 heterocycles. The molecule has 12 heteroatoms. The monoisotopic (exact) mass is 606 g/mol. The van der Waals surface area contributed by atoms with Crippen molar-refractivity contribution in [2.24, 2.45) is 5.92 Å². The summed E-state index contributed by atoms with van der Waals surface area (Å²) in [6, 6.07) is 18.0. The number of anilines is 3. The van der Waals surface area contributed by atoms with E-state index in [1.807, 2.05) is 43.3 Å². The lowest BCUT2D eigenvalue weighted by molar-refractivity contribution is -0.122. The Hall–Kier alpha value is -4.29. The van der Waals surface area contributed by atoms with Crippen molar-refractivity contribution in [1.82, 2.24) is 4.57 Å². The van der Waals surface area contributed by atoms with Crippen LogP contribution in [-0.4, -0.2) is 41.6 Å². The lowest BCUT2D eigenvalue weighted by Gasteiger charge is -2.31. The second kappa shape index (κ2) is 10.8. The minimum Gasteiger partial charge on any atom is -0.378 e. The van der Waals surface area contributed by atoms with E-state index < -0.39 is 51.3 Å². The van der Waals surface area contributed by atoms with Crippen molar-refractivity contribution in [1.29, 1.82) is 0 Å². The molecular weight excluding hydrogens is 582 g/mol. The van der Waals surface area contributed by atoms with Crippen molar-refractivity contribution in [3.8, 4) is 0 Å². The van der Waals surface area contributed by atoms with Gasteiger partial charge in [-0.3, -0.25) is 23.7 Å². The van der Waals surface area contributed by atoms with Crippen LogP contribution in [0.1, 0.15) is 16.4 Å². The molecule has 0 unspecified atom stereocenters. The molecule has 0 saturated carbocycles. The zero-order chi connectivity index (χ0) is 29.7. The predicted molar refractivity (Wildman–Crippen MR) is 158 cm³/mol. The Labute approximate surface area is 247 Å². The van der Waals surface area contributed by atoms with Crippen LogP contribution in [0.2, 0.25) is 0 Å². The molecule has 0 spiro atoms.